The van der Waals surface area contributed by atoms with Crippen LogP contribution in [0.25, 0.3) is 0 Å². The Hall–Kier alpha value is -1.92. The first-order valence-electron chi connectivity index (χ1n) is 6.05. The first-order chi connectivity index (χ1) is 9.18. The summed E-state index contributed by atoms with van der Waals surface area (Å²) in [6.07, 6.45) is -3.51. The number of carboxylic acids is 1. The average Bonchev–Trinajstić information content (AvgIpc) is 2.80. The van der Waals surface area contributed by atoms with Gasteiger partial charge < -0.3 is 15.3 Å². The number of rotatable bonds is 2. The number of carbonyl (C=O) groups is 1. The van der Waals surface area contributed by atoms with E-state index in [9.17, 15) is 33.3 Å². The predicted molar refractivity (Wildman–Crippen MR) is 62.6 cm³/mol. The lowest BCUT2D eigenvalue weighted by atomic mass is 9.77. The zero-order chi connectivity index (χ0) is 15.1. The van der Waals surface area contributed by atoms with E-state index in [2.05, 4.69) is 0 Å². The highest BCUT2D eigenvalue weighted by Crippen LogP contribution is 2.49. The van der Waals surface area contributed by atoms with E-state index in [-0.39, 0.29) is 18.4 Å². The second-order valence-corrected chi connectivity index (χ2v) is 4.98. The van der Waals surface area contributed by atoms with Crippen LogP contribution >= 0.6 is 0 Å². The summed E-state index contributed by atoms with van der Waals surface area (Å²) in [5.74, 6) is -3.11. The normalized spacial score (nSPS) is 18.1. The van der Waals surface area contributed by atoms with Crippen LogP contribution in [0.5, 0.6) is 11.5 Å². The van der Waals surface area contributed by atoms with Crippen molar-refractivity contribution >= 4 is 5.97 Å². The Kier molecular flexibility index (Phi) is 3.31. The molecule has 2 rings (SSSR count). The summed E-state index contributed by atoms with van der Waals surface area (Å²) < 4.78 is 38.4. The van der Waals surface area contributed by atoms with Crippen LogP contribution in [-0.4, -0.2) is 21.3 Å². The lowest BCUT2D eigenvalue weighted by Gasteiger charge is -2.26. The summed E-state index contributed by atoms with van der Waals surface area (Å²) >= 11 is 0. The SMILES string of the molecule is O=C(O)C1(c2cc(O)cc(C(F)(F)F)c2O)CCCC1. The van der Waals surface area contributed by atoms with Crippen LogP contribution in [0, 0.1) is 0 Å². The van der Waals surface area contributed by atoms with Crippen molar-refractivity contribution < 1.29 is 33.3 Å². The maximum Gasteiger partial charge on any atom is 0.420 e. The summed E-state index contributed by atoms with van der Waals surface area (Å²) in [6.45, 7) is 0. The van der Waals surface area contributed by atoms with Gasteiger partial charge in [-0.3, -0.25) is 4.79 Å². The number of aromatic hydroxyl groups is 2. The maximum atomic E-state index is 12.8. The molecule has 3 N–H and O–H groups in total. The lowest BCUT2D eigenvalue weighted by Crippen LogP contribution is -2.33. The van der Waals surface area contributed by atoms with Crippen molar-refractivity contribution in [3.05, 3.63) is 23.3 Å². The largest absolute Gasteiger partial charge is 0.508 e. The van der Waals surface area contributed by atoms with E-state index in [1.807, 2.05) is 0 Å². The average molecular weight is 290 g/mol. The van der Waals surface area contributed by atoms with E-state index < -0.39 is 34.6 Å². The number of aliphatic carboxylic acids is 1. The van der Waals surface area contributed by atoms with Crippen molar-refractivity contribution in [2.24, 2.45) is 0 Å². The van der Waals surface area contributed by atoms with Crippen molar-refractivity contribution in [1.29, 1.82) is 0 Å². The van der Waals surface area contributed by atoms with Crippen LogP contribution in [0.1, 0.15) is 36.8 Å². The second-order valence-electron chi connectivity index (χ2n) is 4.98. The molecular weight excluding hydrogens is 277 g/mol. The number of phenolic OH excluding ortho intramolecular Hbond substituents is 2. The molecule has 1 aromatic rings. The smallest absolute Gasteiger partial charge is 0.420 e. The highest BCUT2D eigenvalue weighted by molar-refractivity contribution is 5.83. The topological polar surface area (TPSA) is 77.8 Å². The number of hydrogen-bond acceptors (Lipinski definition) is 3. The fourth-order valence-electron chi connectivity index (χ4n) is 2.78. The van der Waals surface area contributed by atoms with Gasteiger partial charge in [-0.25, -0.2) is 0 Å². The molecule has 0 aromatic heterocycles. The zero-order valence-electron chi connectivity index (χ0n) is 10.4. The molecule has 0 unspecified atom stereocenters. The van der Waals surface area contributed by atoms with Crippen LogP contribution in [-0.2, 0) is 16.4 Å². The summed E-state index contributed by atoms with van der Waals surface area (Å²) in [5, 5.41) is 28.6. The summed E-state index contributed by atoms with van der Waals surface area (Å²) in [6, 6.07) is 1.30. The molecule has 1 fully saturated rings. The third kappa shape index (κ3) is 2.17. The molecule has 1 aliphatic rings. The Bertz CT molecular complexity index is 545. The highest BCUT2D eigenvalue weighted by Gasteiger charge is 2.47. The number of alkyl halides is 3. The van der Waals surface area contributed by atoms with Gasteiger partial charge in [0.25, 0.3) is 0 Å². The van der Waals surface area contributed by atoms with E-state index >= 15 is 0 Å². The van der Waals surface area contributed by atoms with Gasteiger partial charge in [0.2, 0.25) is 0 Å². The van der Waals surface area contributed by atoms with E-state index in [0.717, 1.165) is 6.07 Å². The fraction of sp³-hybridized carbons (Fsp3) is 0.462. The second kappa shape index (κ2) is 4.57. The summed E-state index contributed by atoms with van der Waals surface area (Å²) in [4.78, 5) is 11.5. The molecule has 0 spiro atoms. The Balaban J connectivity index is 2.68. The molecule has 0 atom stereocenters. The molecule has 0 saturated heterocycles. The van der Waals surface area contributed by atoms with Crippen LogP contribution in [0.15, 0.2) is 12.1 Å². The van der Waals surface area contributed by atoms with Crippen molar-refractivity contribution in [3.8, 4) is 11.5 Å². The van der Waals surface area contributed by atoms with Gasteiger partial charge in [-0.05, 0) is 25.0 Å². The monoisotopic (exact) mass is 290 g/mol. The number of carboxylic acid groups (broad SMARTS) is 1. The van der Waals surface area contributed by atoms with E-state index in [4.69, 9.17) is 0 Å². The highest BCUT2D eigenvalue weighted by atomic mass is 19.4. The molecule has 1 saturated carbocycles. The minimum absolute atomic E-state index is 0.136. The standard InChI is InChI=1S/C13H13F3O4/c14-13(15,16)9-6-7(17)5-8(10(9)18)12(11(19)20)3-1-2-4-12/h5-6,17-18H,1-4H2,(H,19,20). The van der Waals surface area contributed by atoms with Gasteiger partial charge in [0, 0.05) is 5.56 Å². The van der Waals surface area contributed by atoms with Gasteiger partial charge in [-0.1, -0.05) is 12.8 Å². The molecular formula is C13H13F3O4. The number of phenols is 2. The quantitative estimate of drug-likeness (QED) is 0.732. The molecule has 0 amide bonds. The van der Waals surface area contributed by atoms with Gasteiger partial charge in [0.15, 0.2) is 0 Å². The van der Waals surface area contributed by atoms with E-state index in [0.29, 0.717) is 18.9 Å². The molecule has 0 bridgehead atoms. The minimum atomic E-state index is -4.87. The third-order valence-corrected chi connectivity index (χ3v) is 3.78. The van der Waals surface area contributed by atoms with E-state index in [1.165, 1.54) is 0 Å². The Labute approximate surface area is 112 Å². The number of benzene rings is 1. The van der Waals surface area contributed by atoms with Crippen molar-refractivity contribution in [3.63, 3.8) is 0 Å². The first kappa shape index (κ1) is 14.5. The maximum absolute atomic E-state index is 12.8. The Morgan fingerprint density at radius 2 is 1.70 bits per heavy atom. The van der Waals surface area contributed by atoms with Crippen LogP contribution in [0.3, 0.4) is 0 Å². The molecule has 0 radical (unpaired) electrons. The summed E-state index contributed by atoms with van der Waals surface area (Å²) in [7, 11) is 0. The Morgan fingerprint density at radius 1 is 1.15 bits per heavy atom. The van der Waals surface area contributed by atoms with Gasteiger partial charge in [0.05, 0.1) is 5.41 Å². The molecule has 1 aliphatic carbocycles. The van der Waals surface area contributed by atoms with Gasteiger partial charge in [-0.15, -0.1) is 0 Å². The molecule has 0 aliphatic heterocycles. The minimum Gasteiger partial charge on any atom is -0.508 e. The van der Waals surface area contributed by atoms with Crippen LogP contribution in [0.2, 0.25) is 0 Å². The molecule has 0 heterocycles. The Morgan fingerprint density at radius 3 is 2.15 bits per heavy atom. The van der Waals surface area contributed by atoms with Crippen molar-refractivity contribution in [1.82, 2.24) is 0 Å². The fourth-order valence-corrected chi connectivity index (χ4v) is 2.78. The van der Waals surface area contributed by atoms with Crippen molar-refractivity contribution in [2.75, 3.05) is 0 Å². The van der Waals surface area contributed by atoms with Crippen molar-refractivity contribution in [2.45, 2.75) is 37.3 Å². The number of hydrogen-bond donors (Lipinski definition) is 3. The van der Waals surface area contributed by atoms with Gasteiger partial charge in [0.1, 0.15) is 17.1 Å². The van der Waals surface area contributed by atoms with Crippen LogP contribution in [0.4, 0.5) is 13.2 Å². The first-order valence-corrected chi connectivity index (χ1v) is 6.05. The van der Waals surface area contributed by atoms with Crippen LogP contribution < -0.4 is 0 Å². The lowest BCUT2D eigenvalue weighted by molar-refractivity contribution is -0.144. The predicted octanol–water partition coefficient (Wildman–Crippen LogP) is 3.01. The van der Waals surface area contributed by atoms with Gasteiger partial charge in [-0.2, -0.15) is 13.2 Å². The third-order valence-electron chi connectivity index (χ3n) is 3.78. The van der Waals surface area contributed by atoms with E-state index in [1.54, 1.807) is 0 Å². The molecule has 1 aromatic carbocycles. The molecule has 4 nitrogen and oxygen atoms in total. The number of halogens is 3. The molecule has 20 heavy (non-hydrogen) atoms. The zero-order valence-corrected chi connectivity index (χ0v) is 10.4. The molecule has 7 heteroatoms. The molecule has 110 valence electrons. The summed E-state index contributed by atoms with van der Waals surface area (Å²) in [5.41, 5.74) is -3.35. The van der Waals surface area contributed by atoms with Gasteiger partial charge >= 0.3 is 12.1 Å².